The van der Waals surface area contributed by atoms with Crippen molar-refractivity contribution in [2.45, 2.75) is 0 Å². The third kappa shape index (κ3) is 4.81. The van der Waals surface area contributed by atoms with Crippen LogP contribution < -0.4 is 0 Å². The second-order valence-electron chi connectivity index (χ2n) is 13.7. The second kappa shape index (κ2) is 12.3. The number of benzene rings is 8. The van der Waals surface area contributed by atoms with Gasteiger partial charge in [0.25, 0.3) is 0 Å². The number of aromatic nitrogens is 5. The molecule has 0 radical (unpaired) electrons. The van der Waals surface area contributed by atoms with E-state index >= 15 is 0 Å². The Labute approximate surface area is 340 Å². The number of rotatable bonds is 5. The highest BCUT2D eigenvalue weighted by Gasteiger charge is 2.23. The second-order valence-corrected chi connectivity index (χ2v) is 13.7. The lowest BCUT2D eigenvalue weighted by molar-refractivity contribution is 0.666. The lowest BCUT2D eigenvalue weighted by atomic mass is 10.1. The molecule has 0 aliphatic heterocycles. The normalized spacial score (nSPS) is 14.3. The van der Waals surface area contributed by atoms with Gasteiger partial charge in [-0.3, -0.25) is 0 Å². The molecule has 0 N–H and O–H groups in total. The Hall–Kier alpha value is -7.83. The van der Waals surface area contributed by atoms with Crippen molar-refractivity contribution in [3.63, 3.8) is 0 Å². The Morgan fingerprint density at radius 2 is 1.04 bits per heavy atom. The Bertz CT molecular complexity index is 3980. The minimum absolute atomic E-state index is 0.0542. The van der Waals surface area contributed by atoms with Gasteiger partial charge in [0.05, 0.1) is 41.5 Å². The highest BCUT2D eigenvalue weighted by Crippen LogP contribution is 2.44. The molecule has 0 aliphatic rings. The zero-order chi connectivity index (χ0) is 46.2. The quantitative estimate of drug-likeness (QED) is 0.176. The van der Waals surface area contributed by atoms with E-state index in [1.54, 1.807) is 12.1 Å². The monoisotopic (exact) mass is 739 g/mol. The van der Waals surface area contributed by atoms with Gasteiger partial charge in [-0.15, -0.1) is 0 Å². The largest absolute Gasteiger partial charge is 0.454 e. The first-order valence-electron chi connectivity index (χ1n) is 23.3. The summed E-state index contributed by atoms with van der Waals surface area (Å²) >= 11 is 0. The van der Waals surface area contributed by atoms with E-state index in [1.807, 2.05) is 48.5 Å². The van der Waals surface area contributed by atoms with Gasteiger partial charge in [-0.05, 0) is 48.5 Å². The lowest BCUT2D eigenvalue weighted by Crippen LogP contribution is -2.00. The number of fused-ring (bicyclic) bond motifs is 10. The summed E-state index contributed by atoms with van der Waals surface area (Å²) in [5.41, 5.74) is 6.75. The van der Waals surface area contributed by atoms with E-state index in [0.29, 0.717) is 16.7 Å². The van der Waals surface area contributed by atoms with Crippen molar-refractivity contribution in [1.82, 2.24) is 24.1 Å². The zero-order valence-electron chi connectivity index (χ0n) is 39.8. The first kappa shape index (κ1) is 23.2. The fraction of sp³-hybridized carbons (Fsp3) is 0. The summed E-state index contributed by atoms with van der Waals surface area (Å²) in [6.07, 6.45) is 0. The molecule has 4 heterocycles. The van der Waals surface area contributed by atoms with Crippen LogP contribution in [0.2, 0.25) is 0 Å². The van der Waals surface area contributed by atoms with E-state index in [0.717, 1.165) is 65.8 Å². The van der Waals surface area contributed by atoms with Gasteiger partial charge in [0.1, 0.15) is 5.58 Å². The van der Waals surface area contributed by atoms with Crippen LogP contribution in [0.15, 0.2) is 192 Å². The summed E-state index contributed by atoms with van der Waals surface area (Å²) in [5.74, 6) is -0.744. The minimum atomic E-state index is -0.618. The SMILES string of the molecule is [2H]c1c([2H])c([2H])c(-c2nc(-c3ccc4c(c3)oc3c(-n5c6ccccc6c6c5ccc5c7ccccc7n(-c7ccccc7)c56)cccc34)nc(-c3c([2H])c([2H])c([2H])c([2H])c3[2H])n2)c([2H])c1[2H]. The molecule has 0 saturated heterocycles. The maximum Gasteiger partial charge on any atom is 0.164 e. The molecule has 0 fully saturated rings. The molecule has 8 aromatic carbocycles. The van der Waals surface area contributed by atoms with Crippen LogP contribution in [0.25, 0.3) is 111 Å². The molecular formula is C51H31N5O. The fourth-order valence-corrected chi connectivity index (χ4v) is 8.16. The van der Waals surface area contributed by atoms with E-state index in [4.69, 9.17) is 18.1 Å². The van der Waals surface area contributed by atoms with Gasteiger partial charge in [-0.1, -0.05) is 139 Å². The molecule has 266 valence electrons. The molecule has 0 spiro atoms. The van der Waals surface area contributed by atoms with Gasteiger partial charge in [-0.2, -0.15) is 0 Å². The highest BCUT2D eigenvalue weighted by molar-refractivity contribution is 6.26. The van der Waals surface area contributed by atoms with Crippen LogP contribution in [0.3, 0.4) is 0 Å². The molecule has 6 heteroatoms. The summed E-state index contributed by atoms with van der Waals surface area (Å²) in [7, 11) is 0. The molecule has 57 heavy (non-hydrogen) atoms. The van der Waals surface area contributed by atoms with Gasteiger partial charge in [-0.25, -0.2) is 15.0 Å². The third-order valence-electron chi connectivity index (χ3n) is 10.5. The molecule has 0 aliphatic carbocycles. The number of hydrogen-bond acceptors (Lipinski definition) is 4. The Kier molecular flexibility index (Phi) is 5.02. The van der Waals surface area contributed by atoms with Crippen molar-refractivity contribution in [3.8, 4) is 45.5 Å². The standard InChI is InChI=1S/C51H31N5O/c1-4-15-32(16-5-1)49-52-50(33-17-6-2-7-18-33)54-51(53-49)34-27-28-37-39-23-14-26-44(48(39)57-45(37)31-34)56-42-25-13-11-22-40(42)46-43(56)30-29-38-36-21-10-12-24-41(36)55(47(38)46)35-19-8-3-9-20-35/h1-31H/i1D,2D,4D,5D,6D,7D,15D,16D,17D,18D. The van der Waals surface area contributed by atoms with Crippen molar-refractivity contribution < 1.29 is 18.1 Å². The Morgan fingerprint density at radius 1 is 0.439 bits per heavy atom. The van der Waals surface area contributed by atoms with Crippen LogP contribution in [0.1, 0.15) is 13.7 Å². The molecule has 0 unspecified atom stereocenters. The molecule has 6 nitrogen and oxygen atoms in total. The number of nitrogens with zero attached hydrogens (tertiary/aromatic N) is 5. The molecular weight excluding hydrogens is 699 g/mol. The molecule has 0 bridgehead atoms. The summed E-state index contributed by atoms with van der Waals surface area (Å²) in [6, 6.07) is 36.8. The molecule has 0 atom stereocenters. The van der Waals surface area contributed by atoms with E-state index in [-0.39, 0.29) is 28.6 Å². The first-order chi connectivity index (χ1) is 32.4. The average Bonchev–Trinajstić information content (AvgIpc) is 4.02. The van der Waals surface area contributed by atoms with Crippen molar-refractivity contribution >= 4 is 65.6 Å². The van der Waals surface area contributed by atoms with E-state index in [1.165, 1.54) is 0 Å². The Balaban J connectivity index is 1.09. The van der Waals surface area contributed by atoms with Crippen molar-refractivity contribution in [3.05, 3.63) is 188 Å². The van der Waals surface area contributed by atoms with Gasteiger partial charge in [0.15, 0.2) is 23.1 Å². The predicted molar refractivity (Wildman–Crippen MR) is 232 cm³/mol. The first-order valence-corrected chi connectivity index (χ1v) is 18.3. The van der Waals surface area contributed by atoms with Gasteiger partial charge in [0, 0.05) is 54.7 Å². The van der Waals surface area contributed by atoms with Crippen LogP contribution >= 0.6 is 0 Å². The van der Waals surface area contributed by atoms with E-state index in [9.17, 15) is 0 Å². The van der Waals surface area contributed by atoms with Gasteiger partial charge in [0.2, 0.25) is 0 Å². The van der Waals surface area contributed by atoms with Crippen molar-refractivity contribution in [2.75, 3.05) is 0 Å². The van der Waals surface area contributed by atoms with Crippen LogP contribution in [0.4, 0.5) is 0 Å². The summed E-state index contributed by atoms with van der Waals surface area (Å²) in [5, 5.41) is 6.04. The summed E-state index contributed by atoms with van der Waals surface area (Å²) < 4.78 is 96.0. The van der Waals surface area contributed by atoms with E-state index in [2.05, 4.69) is 90.8 Å². The van der Waals surface area contributed by atoms with Gasteiger partial charge >= 0.3 is 0 Å². The number of hydrogen-bond donors (Lipinski definition) is 0. The van der Waals surface area contributed by atoms with Gasteiger partial charge < -0.3 is 13.6 Å². The lowest BCUT2D eigenvalue weighted by Gasteiger charge is -2.10. The topological polar surface area (TPSA) is 61.7 Å². The van der Waals surface area contributed by atoms with Crippen LogP contribution in [-0.4, -0.2) is 24.1 Å². The molecule has 12 aromatic rings. The van der Waals surface area contributed by atoms with Crippen LogP contribution in [0, 0.1) is 0 Å². The molecule has 0 saturated carbocycles. The highest BCUT2D eigenvalue weighted by atomic mass is 16.3. The Morgan fingerprint density at radius 3 is 1.75 bits per heavy atom. The smallest absolute Gasteiger partial charge is 0.164 e. The summed E-state index contributed by atoms with van der Waals surface area (Å²) in [6.45, 7) is 0. The fourth-order valence-electron chi connectivity index (χ4n) is 8.16. The number of para-hydroxylation sites is 4. The molecule has 0 amide bonds. The maximum atomic E-state index is 8.72. The van der Waals surface area contributed by atoms with Crippen molar-refractivity contribution in [2.24, 2.45) is 0 Å². The third-order valence-corrected chi connectivity index (χ3v) is 10.5. The predicted octanol–water partition coefficient (Wildman–Crippen LogP) is 13.0. The average molecular weight is 740 g/mol. The van der Waals surface area contributed by atoms with Crippen LogP contribution in [0.5, 0.6) is 0 Å². The summed E-state index contributed by atoms with van der Waals surface area (Å²) in [4.78, 5) is 13.7. The molecule has 4 aromatic heterocycles. The van der Waals surface area contributed by atoms with E-state index < -0.39 is 60.4 Å². The van der Waals surface area contributed by atoms with Crippen molar-refractivity contribution in [1.29, 1.82) is 0 Å². The van der Waals surface area contributed by atoms with Crippen LogP contribution in [-0.2, 0) is 0 Å². The minimum Gasteiger partial charge on any atom is -0.454 e. The maximum absolute atomic E-state index is 8.72. The number of furan rings is 1. The zero-order valence-corrected chi connectivity index (χ0v) is 29.8. The molecule has 12 rings (SSSR count).